The molecule has 1 aromatic rings. The van der Waals surface area contributed by atoms with Gasteiger partial charge in [0.05, 0.1) is 5.57 Å². The number of nitrogens with zero attached hydrogens (tertiary/aromatic N) is 4. The zero-order valence-corrected chi connectivity index (χ0v) is 14.4. The first kappa shape index (κ1) is 16.3. The van der Waals surface area contributed by atoms with Crippen LogP contribution in [0.25, 0.3) is 0 Å². The summed E-state index contributed by atoms with van der Waals surface area (Å²) in [4.78, 5) is 22.3. The zero-order chi connectivity index (χ0) is 17.6. The molecular formula is C18H23FN4O2. The molecule has 2 aliphatic heterocycles. The van der Waals surface area contributed by atoms with Crippen LogP contribution in [0.5, 0.6) is 0 Å². The smallest absolute Gasteiger partial charge is 0.333 e. The number of fused-ring (bicyclic) bond motifs is 1. The lowest BCUT2D eigenvalue weighted by atomic mass is 10.0. The molecule has 3 heterocycles. The van der Waals surface area contributed by atoms with Crippen molar-refractivity contribution in [2.75, 3.05) is 42.5 Å². The Bertz CT molecular complexity index is 724. The van der Waals surface area contributed by atoms with Crippen LogP contribution < -0.4 is 9.80 Å². The Kier molecular flexibility index (Phi) is 4.11. The molecule has 2 fully saturated rings. The van der Waals surface area contributed by atoms with Gasteiger partial charge in [0.15, 0.2) is 11.6 Å². The van der Waals surface area contributed by atoms with Gasteiger partial charge in [0.2, 0.25) is 0 Å². The maximum absolute atomic E-state index is 14.7. The van der Waals surface area contributed by atoms with E-state index in [4.69, 9.17) is 0 Å². The summed E-state index contributed by atoms with van der Waals surface area (Å²) in [5, 5.41) is 9.34. The summed E-state index contributed by atoms with van der Waals surface area (Å²) in [7, 11) is 0. The first-order chi connectivity index (χ1) is 12.1. The minimum atomic E-state index is -0.948. The molecular weight excluding hydrogens is 323 g/mol. The number of piperazine rings is 1. The number of hydrogen-bond donors (Lipinski definition) is 1. The fourth-order valence-electron chi connectivity index (χ4n) is 3.60. The number of aromatic nitrogens is 1. The second-order valence-electron chi connectivity index (χ2n) is 6.97. The first-order valence-electron chi connectivity index (χ1n) is 8.96. The van der Waals surface area contributed by atoms with Gasteiger partial charge >= 0.3 is 5.97 Å². The normalized spacial score (nSPS) is 21.1. The van der Waals surface area contributed by atoms with Crippen molar-refractivity contribution in [1.82, 2.24) is 9.88 Å². The molecule has 25 heavy (non-hydrogen) atoms. The number of carboxylic acids is 1. The van der Waals surface area contributed by atoms with Gasteiger partial charge in [0.1, 0.15) is 5.82 Å². The van der Waals surface area contributed by atoms with Crippen molar-refractivity contribution in [2.45, 2.75) is 32.2 Å². The zero-order valence-electron chi connectivity index (χ0n) is 14.4. The van der Waals surface area contributed by atoms with Crippen molar-refractivity contribution >= 4 is 17.6 Å². The molecule has 4 rings (SSSR count). The minimum absolute atomic E-state index is 0.224. The van der Waals surface area contributed by atoms with Crippen LogP contribution in [0.15, 0.2) is 17.8 Å². The lowest BCUT2D eigenvalue weighted by Crippen LogP contribution is -2.47. The number of likely N-dealkylation sites (N-methyl/N-ethyl adjacent to an activating group) is 1. The summed E-state index contributed by atoms with van der Waals surface area (Å²) in [5.41, 5.74) is 0.963. The molecule has 0 spiro atoms. The van der Waals surface area contributed by atoms with Gasteiger partial charge in [-0.1, -0.05) is 6.92 Å². The minimum Gasteiger partial charge on any atom is -0.478 e. The van der Waals surface area contributed by atoms with Crippen LogP contribution in [0.2, 0.25) is 0 Å². The van der Waals surface area contributed by atoms with Crippen molar-refractivity contribution in [3.8, 4) is 0 Å². The van der Waals surface area contributed by atoms with E-state index in [-0.39, 0.29) is 18.3 Å². The molecule has 0 atom stereocenters. The molecule has 1 saturated heterocycles. The number of anilines is 2. The van der Waals surface area contributed by atoms with Gasteiger partial charge in [-0.05, 0) is 25.5 Å². The van der Waals surface area contributed by atoms with Gasteiger partial charge in [-0.3, -0.25) is 0 Å². The Morgan fingerprint density at radius 1 is 1.28 bits per heavy atom. The van der Waals surface area contributed by atoms with Crippen LogP contribution in [-0.2, 0) is 11.2 Å². The molecule has 1 N–H and O–H groups in total. The predicted molar refractivity (Wildman–Crippen MR) is 93.4 cm³/mol. The standard InChI is InChI=1S/C18H23FN4O2/c1-2-21-5-7-22(8-6-21)17-15(19)10-12-9-13(18(24)25)11-23(14-3-4-14)16(12)20-17/h10-11,14H,2-9H2,1H3,(H,24,25). The van der Waals surface area contributed by atoms with E-state index in [1.807, 2.05) is 9.80 Å². The number of halogens is 1. The summed E-state index contributed by atoms with van der Waals surface area (Å²) >= 11 is 0. The molecule has 1 aromatic heterocycles. The molecule has 7 heteroatoms. The molecule has 0 unspecified atom stereocenters. The maximum atomic E-state index is 14.7. The van der Waals surface area contributed by atoms with E-state index in [0.717, 1.165) is 51.4 Å². The summed E-state index contributed by atoms with van der Waals surface area (Å²) in [6.07, 6.45) is 3.95. The number of carbonyl (C=O) groups is 1. The van der Waals surface area contributed by atoms with Crippen LogP contribution in [-0.4, -0.2) is 59.7 Å². The van der Waals surface area contributed by atoms with E-state index in [9.17, 15) is 14.3 Å². The average molecular weight is 346 g/mol. The van der Waals surface area contributed by atoms with Gasteiger partial charge in [-0.25, -0.2) is 14.2 Å². The van der Waals surface area contributed by atoms with Crippen LogP contribution in [0.1, 0.15) is 25.3 Å². The fraction of sp³-hybridized carbons (Fsp3) is 0.556. The number of carboxylic acid groups (broad SMARTS) is 1. The maximum Gasteiger partial charge on any atom is 0.333 e. The summed E-state index contributed by atoms with van der Waals surface area (Å²) in [6, 6.07) is 1.77. The highest BCUT2D eigenvalue weighted by Crippen LogP contribution is 2.38. The topological polar surface area (TPSA) is 59.9 Å². The quantitative estimate of drug-likeness (QED) is 0.898. The van der Waals surface area contributed by atoms with E-state index in [0.29, 0.717) is 17.0 Å². The molecule has 0 radical (unpaired) electrons. The first-order valence-corrected chi connectivity index (χ1v) is 8.96. The van der Waals surface area contributed by atoms with Crippen LogP contribution in [0.3, 0.4) is 0 Å². The van der Waals surface area contributed by atoms with Crippen molar-refractivity contribution in [3.05, 3.63) is 29.2 Å². The van der Waals surface area contributed by atoms with Crippen molar-refractivity contribution < 1.29 is 14.3 Å². The second kappa shape index (κ2) is 6.29. The number of hydrogen-bond acceptors (Lipinski definition) is 5. The molecule has 0 amide bonds. The van der Waals surface area contributed by atoms with E-state index >= 15 is 0 Å². The third kappa shape index (κ3) is 3.08. The Labute approximate surface area is 146 Å². The van der Waals surface area contributed by atoms with Crippen LogP contribution >= 0.6 is 0 Å². The SMILES string of the molecule is CCN1CCN(c2nc3c(cc2F)CC(C(=O)O)=CN3C2CC2)CC1. The van der Waals surface area contributed by atoms with Crippen LogP contribution in [0.4, 0.5) is 16.0 Å². The highest BCUT2D eigenvalue weighted by Gasteiger charge is 2.35. The summed E-state index contributed by atoms with van der Waals surface area (Å²) < 4.78 is 14.7. The average Bonchev–Trinajstić information content (AvgIpc) is 3.45. The lowest BCUT2D eigenvalue weighted by Gasteiger charge is -2.36. The Morgan fingerprint density at radius 2 is 2.00 bits per heavy atom. The monoisotopic (exact) mass is 346 g/mol. The molecule has 6 nitrogen and oxygen atoms in total. The van der Waals surface area contributed by atoms with E-state index in [1.54, 1.807) is 6.20 Å². The fourth-order valence-corrected chi connectivity index (χ4v) is 3.60. The molecule has 0 aromatic carbocycles. The third-order valence-electron chi connectivity index (χ3n) is 5.27. The summed E-state index contributed by atoms with van der Waals surface area (Å²) in [5.74, 6) is -0.184. The van der Waals surface area contributed by atoms with Crippen molar-refractivity contribution in [3.63, 3.8) is 0 Å². The van der Waals surface area contributed by atoms with E-state index in [1.165, 1.54) is 6.07 Å². The Morgan fingerprint density at radius 3 is 2.60 bits per heavy atom. The number of aliphatic carboxylic acids is 1. The van der Waals surface area contributed by atoms with Gasteiger partial charge in [-0.2, -0.15) is 0 Å². The third-order valence-corrected chi connectivity index (χ3v) is 5.27. The van der Waals surface area contributed by atoms with Crippen molar-refractivity contribution in [2.24, 2.45) is 0 Å². The molecule has 1 aliphatic carbocycles. The molecule has 3 aliphatic rings. The van der Waals surface area contributed by atoms with Gasteiger partial charge in [-0.15, -0.1) is 0 Å². The largest absolute Gasteiger partial charge is 0.478 e. The highest BCUT2D eigenvalue weighted by atomic mass is 19.1. The van der Waals surface area contributed by atoms with Crippen LogP contribution in [0, 0.1) is 5.82 Å². The highest BCUT2D eigenvalue weighted by molar-refractivity contribution is 5.89. The Balaban J connectivity index is 1.66. The Hall–Kier alpha value is -2.15. The number of pyridine rings is 1. The molecule has 0 bridgehead atoms. The van der Waals surface area contributed by atoms with Gasteiger partial charge < -0.3 is 19.8 Å². The second-order valence-corrected chi connectivity index (χ2v) is 6.97. The molecule has 134 valence electrons. The number of rotatable bonds is 4. The van der Waals surface area contributed by atoms with Gasteiger partial charge in [0, 0.05) is 50.4 Å². The van der Waals surface area contributed by atoms with Gasteiger partial charge in [0.25, 0.3) is 0 Å². The van der Waals surface area contributed by atoms with E-state index < -0.39 is 5.97 Å². The molecule has 1 saturated carbocycles. The lowest BCUT2D eigenvalue weighted by molar-refractivity contribution is -0.132. The van der Waals surface area contributed by atoms with E-state index in [2.05, 4.69) is 16.8 Å². The predicted octanol–water partition coefficient (Wildman–Crippen LogP) is 1.86. The van der Waals surface area contributed by atoms with Crippen molar-refractivity contribution in [1.29, 1.82) is 0 Å². The summed E-state index contributed by atoms with van der Waals surface area (Å²) in [6.45, 7) is 6.47.